The second-order valence-corrected chi connectivity index (χ2v) is 10.7. The van der Waals surface area contributed by atoms with Crippen molar-refractivity contribution in [2.75, 3.05) is 39.6 Å². The zero-order chi connectivity index (χ0) is 36.6. The zero-order valence-corrected chi connectivity index (χ0v) is 31.5. The van der Waals surface area contributed by atoms with Crippen LogP contribution < -0.4 is 18.9 Å². The van der Waals surface area contributed by atoms with E-state index >= 15 is 0 Å². The van der Waals surface area contributed by atoms with Crippen molar-refractivity contribution >= 4 is 0 Å². The molecule has 0 spiro atoms. The molecule has 0 aromatic heterocycles. The van der Waals surface area contributed by atoms with Gasteiger partial charge in [-0.3, -0.25) is 0 Å². The lowest BCUT2D eigenvalue weighted by Crippen LogP contribution is -2.25. The second-order valence-electron chi connectivity index (χ2n) is 10.7. The summed E-state index contributed by atoms with van der Waals surface area (Å²) in [5.74, 6) is 3.15. The molecule has 0 radical (unpaired) electrons. The van der Waals surface area contributed by atoms with Gasteiger partial charge in [0.25, 0.3) is 0 Å². The van der Waals surface area contributed by atoms with Crippen molar-refractivity contribution < 1.29 is 33.5 Å². The van der Waals surface area contributed by atoms with E-state index in [0.717, 1.165) is 37.6 Å². The van der Waals surface area contributed by atoms with Gasteiger partial charge in [-0.15, -0.1) is 0 Å². The second kappa shape index (κ2) is 25.0. The lowest BCUT2D eigenvalue weighted by atomic mass is 10.0. The van der Waals surface area contributed by atoms with Crippen LogP contribution in [-0.4, -0.2) is 63.1 Å². The summed E-state index contributed by atoms with van der Waals surface area (Å²) in [7, 11) is 0. The van der Waals surface area contributed by atoms with Gasteiger partial charge in [-0.25, -0.2) is 0 Å². The van der Waals surface area contributed by atoms with Gasteiger partial charge in [0.1, 0.15) is 67.7 Å². The number of aliphatic hydroxyl groups is 1. The van der Waals surface area contributed by atoms with E-state index in [2.05, 4.69) is 24.3 Å². The minimum atomic E-state index is -0.747. The van der Waals surface area contributed by atoms with Crippen molar-refractivity contribution in [3.05, 3.63) is 119 Å². The van der Waals surface area contributed by atoms with Crippen LogP contribution in [-0.2, 0) is 22.3 Å². The molecular formula is C43H60O7. The highest BCUT2D eigenvalue weighted by molar-refractivity contribution is 5.35. The molecule has 7 heteroatoms. The standard InChI is InChI=1S/C35H36O7.4C2H6/c36-29(19-37-30-9-1-25(2-10-30)17-27-5-13-32(14-6-27)39-21-34-23-41-34)20-38-31-11-3-26(4-12-31)18-28-7-15-33(16-8-28)40-22-35-24-42-35;4*1-2/h1-16,29,34-36H,17-24H2;4*1-2H3. The van der Waals surface area contributed by atoms with Crippen LogP contribution in [0.4, 0.5) is 0 Å². The molecule has 0 amide bonds. The van der Waals surface area contributed by atoms with Gasteiger partial charge in [0, 0.05) is 0 Å². The molecule has 4 aromatic carbocycles. The Balaban J connectivity index is 0.00000101. The fourth-order valence-corrected chi connectivity index (χ4v) is 4.43. The Morgan fingerprint density at radius 3 is 0.940 bits per heavy atom. The molecule has 0 saturated carbocycles. The SMILES string of the molecule is CC.CC.CC.CC.OC(COc1ccc(Cc2ccc(OCC3CO3)cc2)cc1)COc1ccc(Cc2ccc(OCC3CO3)cc2)cc1. The van der Waals surface area contributed by atoms with Crippen molar-refractivity contribution in [3.63, 3.8) is 0 Å². The third-order valence-corrected chi connectivity index (χ3v) is 7.07. The van der Waals surface area contributed by atoms with Gasteiger partial charge in [0.15, 0.2) is 0 Å². The molecule has 2 unspecified atom stereocenters. The number of epoxide rings is 2. The summed E-state index contributed by atoms with van der Waals surface area (Å²) in [4.78, 5) is 0. The quantitative estimate of drug-likeness (QED) is 0.118. The van der Waals surface area contributed by atoms with Gasteiger partial charge in [-0.2, -0.15) is 0 Å². The van der Waals surface area contributed by atoms with E-state index in [1.165, 1.54) is 22.3 Å². The normalized spacial score (nSPS) is 15.4. The number of aliphatic hydroxyl groups excluding tert-OH is 1. The van der Waals surface area contributed by atoms with Gasteiger partial charge in [-0.1, -0.05) is 104 Å². The Kier molecular flexibility index (Phi) is 21.1. The lowest BCUT2D eigenvalue weighted by Gasteiger charge is -2.14. The first-order chi connectivity index (χ1) is 24.6. The van der Waals surface area contributed by atoms with Crippen molar-refractivity contribution in [1.82, 2.24) is 0 Å². The average Bonchev–Trinajstić information content (AvgIpc) is 4.14. The van der Waals surface area contributed by atoms with E-state index in [0.29, 0.717) is 24.7 Å². The Labute approximate surface area is 301 Å². The Morgan fingerprint density at radius 1 is 0.460 bits per heavy atom. The summed E-state index contributed by atoms with van der Waals surface area (Å²) in [6, 6.07) is 32.2. The smallest absolute Gasteiger partial charge is 0.122 e. The van der Waals surface area contributed by atoms with Crippen LogP contribution in [0.5, 0.6) is 23.0 Å². The Morgan fingerprint density at radius 2 is 0.700 bits per heavy atom. The molecule has 2 heterocycles. The van der Waals surface area contributed by atoms with Gasteiger partial charge in [0.2, 0.25) is 0 Å². The van der Waals surface area contributed by atoms with Crippen LogP contribution >= 0.6 is 0 Å². The lowest BCUT2D eigenvalue weighted by molar-refractivity contribution is 0.0626. The van der Waals surface area contributed by atoms with E-state index in [4.69, 9.17) is 28.4 Å². The minimum Gasteiger partial charge on any atom is -0.491 e. The molecule has 50 heavy (non-hydrogen) atoms. The zero-order valence-electron chi connectivity index (χ0n) is 31.5. The predicted molar refractivity (Wildman–Crippen MR) is 204 cm³/mol. The van der Waals surface area contributed by atoms with Crippen LogP contribution in [0.25, 0.3) is 0 Å². The molecule has 1 N–H and O–H groups in total. The summed E-state index contributed by atoms with van der Waals surface area (Å²) in [6.07, 6.45) is 1.40. The van der Waals surface area contributed by atoms with Crippen molar-refractivity contribution in [1.29, 1.82) is 0 Å². The third kappa shape index (κ3) is 16.6. The number of hydrogen-bond donors (Lipinski definition) is 1. The molecule has 2 saturated heterocycles. The van der Waals surface area contributed by atoms with E-state index in [1.807, 2.05) is 128 Å². The van der Waals surface area contributed by atoms with Crippen LogP contribution in [0.2, 0.25) is 0 Å². The Hall–Kier alpha value is -4.04. The minimum absolute atomic E-state index is 0.151. The first-order valence-corrected chi connectivity index (χ1v) is 18.4. The molecule has 2 aliphatic rings. The van der Waals surface area contributed by atoms with E-state index < -0.39 is 6.10 Å². The molecule has 7 nitrogen and oxygen atoms in total. The highest BCUT2D eigenvalue weighted by atomic mass is 16.6. The first kappa shape index (κ1) is 42.1. The maximum Gasteiger partial charge on any atom is 0.122 e. The molecule has 0 aliphatic carbocycles. The monoisotopic (exact) mass is 688 g/mol. The third-order valence-electron chi connectivity index (χ3n) is 7.07. The van der Waals surface area contributed by atoms with Crippen molar-refractivity contribution in [2.45, 2.75) is 86.5 Å². The summed E-state index contributed by atoms with van der Waals surface area (Å²) in [5.41, 5.74) is 4.78. The number of hydrogen-bond acceptors (Lipinski definition) is 7. The van der Waals surface area contributed by atoms with Crippen molar-refractivity contribution in [3.8, 4) is 23.0 Å². The van der Waals surface area contributed by atoms with Gasteiger partial charge >= 0.3 is 0 Å². The Bertz CT molecular complexity index is 1270. The molecule has 274 valence electrons. The predicted octanol–water partition coefficient (Wildman–Crippen LogP) is 9.35. The number of ether oxygens (including phenoxy) is 6. The van der Waals surface area contributed by atoms with Gasteiger partial charge in [-0.05, 0) is 83.6 Å². The van der Waals surface area contributed by atoms with E-state index in [1.54, 1.807) is 0 Å². The van der Waals surface area contributed by atoms with Crippen molar-refractivity contribution in [2.24, 2.45) is 0 Å². The molecular weight excluding hydrogens is 628 g/mol. The summed E-state index contributed by atoms with van der Waals surface area (Å²) in [6.45, 7) is 19.1. The van der Waals surface area contributed by atoms with Crippen LogP contribution in [0.3, 0.4) is 0 Å². The maximum atomic E-state index is 10.4. The molecule has 6 rings (SSSR count). The highest BCUT2D eigenvalue weighted by Gasteiger charge is 2.23. The van der Waals surface area contributed by atoms with Crippen LogP contribution in [0, 0.1) is 0 Å². The summed E-state index contributed by atoms with van der Waals surface area (Å²) in [5, 5.41) is 10.4. The molecule has 2 atom stereocenters. The fraction of sp³-hybridized carbons (Fsp3) is 0.442. The average molecular weight is 689 g/mol. The van der Waals surface area contributed by atoms with E-state index in [9.17, 15) is 5.11 Å². The van der Waals surface area contributed by atoms with E-state index in [-0.39, 0.29) is 25.4 Å². The molecule has 2 fully saturated rings. The first-order valence-electron chi connectivity index (χ1n) is 18.4. The van der Waals surface area contributed by atoms with Crippen LogP contribution in [0.1, 0.15) is 77.6 Å². The fourth-order valence-electron chi connectivity index (χ4n) is 4.43. The molecule has 4 aromatic rings. The van der Waals surface area contributed by atoms with Gasteiger partial charge in [0.05, 0.1) is 13.2 Å². The highest BCUT2D eigenvalue weighted by Crippen LogP contribution is 2.21. The topological polar surface area (TPSA) is 82.2 Å². The number of rotatable bonds is 16. The molecule has 0 bridgehead atoms. The van der Waals surface area contributed by atoms with Gasteiger partial charge < -0.3 is 33.5 Å². The molecule has 2 aliphatic heterocycles. The largest absolute Gasteiger partial charge is 0.491 e. The number of benzene rings is 4. The summed E-state index contributed by atoms with van der Waals surface area (Å²) >= 11 is 0. The maximum absolute atomic E-state index is 10.4. The summed E-state index contributed by atoms with van der Waals surface area (Å²) < 4.78 is 33.3. The van der Waals surface area contributed by atoms with Crippen LogP contribution in [0.15, 0.2) is 97.1 Å².